The van der Waals surface area contributed by atoms with E-state index in [1.54, 1.807) is 11.9 Å². The van der Waals surface area contributed by atoms with Crippen LogP contribution in [0.15, 0.2) is 12.2 Å². The molecule has 0 bridgehead atoms. The number of aliphatic carboxylic acids is 1. The van der Waals surface area contributed by atoms with Gasteiger partial charge in [-0.1, -0.05) is 38.3 Å². The predicted molar refractivity (Wildman–Crippen MR) is 94.5 cm³/mol. The maximum absolute atomic E-state index is 11.6. The molecule has 0 rings (SSSR count). The van der Waals surface area contributed by atoms with E-state index in [0.717, 1.165) is 25.7 Å². The van der Waals surface area contributed by atoms with Crippen molar-refractivity contribution in [2.45, 2.75) is 64.7 Å². The maximum Gasteiger partial charge on any atom is 0.317 e. The first-order valence-corrected chi connectivity index (χ1v) is 8.88. The summed E-state index contributed by atoms with van der Waals surface area (Å²) in [5.41, 5.74) is 0. The van der Waals surface area contributed by atoms with Gasteiger partial charge in [-0.3, -0.25) is 14.5 Å². The molecule has 0 saturated heterocycles. The second kappa shape index (κ2) is 15.5. The number of nitrogens with one attached hydrogen (secondary N) is 1. The van der Waals surface area contributed by atoms with E-state index in [2.05, 4.69) is 24.4 Å². The molecule has 0 spiro atoms. The number of likely N-dealkylation sites (N-methyl/N-ethyl adjacent to an activating group) is 1. The van der Waals surface area contributed by atoms with Crippen molar-refractivity contribution in [3.05, 3.63) is 12.2 Å². The van der Waals surface area contributed by atoms with Gasteiger partial charge in [0.15, 0.2) is 0 Å². The third kappa shape index (κ3) is 16.8. The first kappa shape index (κ1) is 21.6. The van der Waals surface area contributed by atoms with Gasteiger partial charge in [0, 0.05) is 19.5 Å². The van der Waals surface area contributed by atoms with Crippen molar-refractivity contribution >= 4 is 11.9 Å². The molecule has 0 aromatic rings. The molecule has 0 radical (unpaired) electrons. The quantitative estimate of drug-likeness (QED) is 0.358. The second-order valence-corrected chi connectivity index (χ2v) is 6.02. The van der Waals surface area contributed by atoms with Crippen molar-refractivity contribution in [3.8, 4) is 0 Å². The van der Waals surface area contributed by atoms with Gasteiger partial charge in [-0.15, -0.1) is 0 Å². The summed E-state index contributed by atoms with van der Waals surface area (Å²) in [5, 5.41) is 11.5. The van der Waals surface area contributed by atoms with Crippen LogP contribution in [-0.2, 0) is 9.59 Å². The number of carboxylic acid groups (broad SMARTS) is 1. The standard InChI is InChI=1S/C18H34N2O3/c1-3-4-5-6-7-8-9-10-11-13-17(21)19-14-12-15-20(2)16-18(22)23/h4-5H,3,6-16H2,1-2H3,(H,19,21)(H,22,23). The number of unbranched alkanes of at least 4 members (excludes halogenated alkanes) is 5. The van der Waals surface area contributed by atoms with Gasteiger partial charge < -0.3 is 10.4 Å². The number of hydrogen-bond acceptors (Lipinski definition) is 3. The molecule has 0 atom stereocenters. The Balaban J connectivity index is 3.34. The molecule has 0 unspecified atom stereocenters. The Hall–Kier alpha value is -1.36. The number of carbonyl (C=O) groups is 2. The average Bonchev–Trinajstić information content (AvgIpc) is 2.49. The highest BCUT2D eigenvalue weighted by Gasteiger charge is 2.04. The molecular weight excluding hydrogens is 292 g/mol. The van der Waals surface area contributed by atoms with Gasteiger partial charge in [0.2, 0.25) is 5.91 Å². The first-order chi connectivity index (χ1) is 11.1. The summed E-state index contributed by atoms with van der Waals surface area (Å²) in [7, 11) is 1.77. The Morgan fingerprint density at radius 1 is 1.04 bits per heavy atom. The summed E-state index contributed by atoms with van der Waals surface area (Å²) < 4.78 is 0. The van der Waals surface area contributed by atoms with Gasteiger partial charge in [-0.25, -0.2) is 0 Å². The predicted octanol–water partition coefficient (Wildman–Crippen LogP) is 3.21. The highest BCUT2D eigenvalue weighted by molar-refractivity contribution is 5.75. The third-order valence-electron chi connectivity index (χ3n) is 3.62. The Kier molecular flexibility index (Phi) is 14.6. The number of allylic oxidation sites excluding steroid dienone is 2. The average molecular weight is 326 g/mol. The molecule has 134 valence electrons. The van der Waals surface area contributed by atoms with E-state index < -0.39 is 5.97 Å². The molecule has 0 aliphatic heterocycles. The van der Waals surface area contributed by atoms with Gasteiger partial charge in [0.1, 0.15) is 0 Å². The largest absolute Gasteiger partial charge is 0.480 e. The van der Waals surface area contributed by atoms with Crippen molar-refractivity contribution in [1.82, 2.24) is 10.2 Å². The van der Waals surface area contributed by atoms with Crippen LogP contribution in [0, 0.1) is 0 Å². The molecule has 0 aliphatic rings. The zero-order valence-corrected chi connectivity index (χ0v) is 14.9. The zero-order chi connectivity index (χ0) is 17.3. The smallest absolute Gasteiger partial charge is 0.317 e. The molecule has 23 heavy (non-hydrogen) atoms. The summed E-state index contributed by atoms with van der Waals surface area (Å²) in [6.07, 6.45) is 13.9. The lowest BCUT2D eigenvalue weighted by Crippen LogP contribution is -2.30. The van der Waals surface area contributed by atoms with Crippen LogP contribution >= 0.6 is 0 Å². The van der Waals surface area contributed by atoms with Crippen LogP contribution in [0.25, 0.3) is 0 Å². The Morgan fingerprint density at radius 2 is 1.74 bits per heavy atom. The fourth-order valence-electron chi connectivity index (χ4n) is 2.34. The fraction of sp³-hybridized carbons (Fsp3) is 0.778. The van der Waals surface area contributed by atoms with Crippen molar-refractivity contribution in [3.63, 3.8) is 0 Å². The summed E-state index contributed by atoms with van der Waals surface area (Å²) >= 11 is 0. The van der Waals surface area contributed by atoms with Gasteiger partial charge in [-0.05, 0) is 39.2 Å². The number of nitrogens with zero attached hydrogens (tertiary/aromatic N) is 1. The van der Waals surface area contributed by atoms with Crippen molar-refractivity contribution < 1.29 is 14.7 Å². The van der Waals surface area contributed by atoms with Crippen LogP contribution in [0.1, 0.15) is 64.7 Å². The molecule has 0 aromatic carbocycles. The monoisotopic (exact) mass is 326 g/mol. The van der Waals surface area contributed by atoms with Crippen LogP contribution in [0.4, 0.5) is 0 Å². The van der Waals surface area contributed by atoms with E-state index >= 15 is 0 Å². The minimum absolute atomic E-state index is 0.0438. The molecule has 0 saturated carbocycles. The van der Waals surface area contributed by atoms with E-state index in [-0.39, 0.29) is 12.5 Å². The number of amides is 1. The second-order valence-electron chi connectivity index (χ2n) is 6.02. The van der Waals surface area contributed by atoms with Crippen LogP contribution in [0.3, 0.4) is 0 Å². The topological polar surface area (TPSA) is 69.6 Å². The maximum atomic E-state index is 11.6. The lowest BCUT2D eigenvalue weighted by Gasteiger charge is -2.13. The molecule has 0 aliphatic carbocycles. The highest BCUT2D eigenvalue weighted by Crippen LogP contribution is 2.07. The molecule has 1 amide bonds. The van der Waals surface area contributed by atoms with Gasteiger partial charge in [0.25, 0.3) is 0 Å². The molecule has 2 N–H and O–H groups in total. The van der Waals surface area contributed by atoms with E-state index in [0.29, 0.717) is 19.5 Å². The Labute approximate surface area is 141 Å². The van der Waals surface area contributed by atoms with Gasteiger partial charge in [0.05, 0.1) is 6.54 Å². The van der Waals surface area contributed by atoms with E-state index in [9.17, 15) is 9.59 Å². The third-order valence-corrected chi connectivity index (χ3v) is 3.62. The molecule has 0 heterocycles. The lowest BCUT2D eigenvalue weighted by atomic mass is 10.1. The molecule has 5 heteroatoms. The van der Waals surface area contributed by atoms with E-state index in [4.69, 9.17) is 5.11 Å². The summed E-state index contributed by atoms with van der Waals surface area (Å²) in [4.78, 5) is 23.9. The number of hydrogen-bond donors (Lipinski definition) is 2. The fourth-order valence-corrected chi connectivity index (χ4v) is 2.34. The Morgan fingerprint density at radius 3 is 2.43 bits per heavy atom. The van der Waals surface area contributed by atoms with Gasteiger partial charge >= 0.3 is 5.97 Å². The van der Waals surface area contributed by atoms with Crippen LogP contribution in [0.2, 0.25) is 0 Å². The SMILES string of the molecule is CCC=CCCCCCCCC(=O)NCCCN(C)CC(=O)O. The summed E-state index contributed by atoms with van der Waals surface area (Å²) in [6, 6.07) is 0. The minimum atomic E-state index is -0.821. The van der Waals surface area contributed by atoms with Gasteiger partial charge in [-0.2, -0.15) is 0 Å². The summed E-state index contributed by atoms with van der Waals surface area (Å²) in [5.74, 6) is -0.713. The van der Waals surface area contributed by atoms with Crippen molar-refractivity contribution in [2.75, 3.05) is 26.7 Å². The Bertz CT molecular complexity index is 343. The highest BCUT2D eigenvalue weighted by atomic mass is 16.4. The van der Waals surface area contributed by atoms with Crippen LogP contribution < -0.4 is 5.32 Å². The van der Waals surface area contributed by atoms with Crippen molar-refractivity contribution in [1.29, 1.82) is 0 Å². The molecule has 0 fully saturated rings. The summed E-state index contributed by atoms with van der Waals surface area (Å²) in [6.45, 7) is 3.49. The van der Waals surface area contributed by atoms with Crippen molar-refractivity contribution in [2.24, 2.45) is 0 Å². The number of carbonyl (C=O) groups excluding carboxylic acids is 1. The first-order valence-electron chi connectivity index (χ1n) is 8.88. The lowest BCUT2D eigenvalue weighted by molar-refractivity contribution is -0.138. The zero-order valence-electron chi connectivity index (χ0n) is 14.9. The normalized spacial score (nSPS) is 11.3. The minimum Gasteiger partial charge on any atom is -0.480 e. The van der Waals surface area contributed by atoms with E-state index in [1.807, 2.05) is 0 Å². The van der Waals surface area contributed by atoms with Crippen LogP contribution in [0.5, 0.6) is 0 Å². The molecule has 5 nitrogen and oxygen atoms in total. The number of carboxylic acids is 1. The molecule has 0 aromatic heterocycles. The number of rotatable bonds is 15. The molecular formula is C18H34N2O3. The van der Waals surface area contributed by atoms with E-state index in [1.165, 1.54) is 25.7 Å². The van der Waals surface area contributed by atoms with Crippen LogP contribution in [-0.4, -0.2) is 48.6 Å².